The fraction of sp³-hybridized carbons (Fsp3) is 0.600. The van der Waals surface area contributed by atoms with Crippen molar-refractivity contribution in [1.82, 2.24) is 10.3 Å². The topological polar surface area (TPSA) is 54.0 Å². The molecule has 0 saturated carbocycles. The zero-order valence-electron chi connectivity index (χ0n) is 12.6. The molecular weight excluding hydrogens is 238 g/mol. The van der Waals surface area contributed by atoms with Crippen LogP contribution in [-0.4, -0.2) is 23.5 Å². The van der Waals surface area contributed by atoms with Crippen molar-refractivity contribution in [2.24, 2.45) is 0 Å². The summed E-state index contributed by atoms with van der Waals surface area (Å²) in [6, 6.07) is 4.22. The summed E-state index contributed by atoms with van der Waals surface area (Å²) in [6.07, 6.45) is 2.34. The maximum atomic E-state index is 11.5. The largest absolute Gasteiger partial charge is 0.370 e. The Hall–Kier alpha value is -1.58. The molecule has 1 heterocycles. The van der Waals surface area contributed by atoms with E-state index in [2.05, 4.69) is 42.5 Å². The summed E-state index contributed by atoms with van der Waals surface area (Å²) >= 11 is 0. The molecule has 0 aromatic carbocycles. The van der Waals surface area contributed by atoms with Crippen LogP contribution in [0.1, 0.15) is 46.6 Å². The molecule has 2 N–H and O–H groups in total. The van der Waals surface area contributed by atoms with Gasteiger partial charge in [0.15, 0.2) is 0 Å². The normalized spacial score (nSPS) is 11.5. The van der Waals surface area contributed by atoms with E-state index in [4.69, 9.17) is 0 Å². The van der Waals surface area contributed by atoms with E-state index in [1.165, 1.54) is 5.56 Å². The molecule has 1 amide bonds. The zero-order valence-corrected chi connectivity index (χ0v) is 12.6. The van der Waals surface area contributed by atoms with Crippen molar-refractivity contribution in [1.29, 1.82) is 0 Å². The molecule has 4 nitrogen and oxygen atoms in total. The lowest BCUT2D eigenvalue weighted by Crippen LogP contribution is -2.31. The lowest BCUT2D eigenvalue weighted by molar-refractivity contribution is -0.121. The number of nitrogens with zero attached hydrogens (tertiary/aromatic N) is 1. The molecule has 0 spiro atoms. The second-order valence-corrected chi connectivity index (χ2v) is 6.08. The Morgan fingerprint density at radius 2 is 2.00 bits per heavy atom. The quantitative estimate of drug-likeness (QED) is 0.859. The van der Waals surface area contributed by atoms with Crippen LogP contribution in [-0.2, 0) is 10.2 Å². The van der Waals surface area contributed by atoms with E-state index < -0.39 is 0 Å². The van der Waals surface area contributed by atoms with E-state index in [1.807, 2.05) is 26.1 Å². The highest BCUT2D eigenvalue weighted by atomic mass is 16.1. The van der Waals surface area contributed by atoms with Gasteiger partial charge in [-0.3, -0.25) is 4.79 Å². The minimum Gasteiger partial charge on any atom is -0.370 e. The Labute approximate surface area is 116 Å². The predicted octanol–water partition coefficient (Wildman–Crippen LogP) is 2.71. The molecular formula is C15H25N3O. The summed E-state index contributed by atoms with van der Waals surface area (Å²) in [5.74, 6) is 0.874. The number of rotatable bonds is 5. The van der Waals surface area contributed by atoms with Gasteiger partial charge < -0.3 is 10.6 Å². The van der Waals surface area contributed by atoms with Gasteiger partial charge in [-0.15, -0.1) is 0 Å². The first-order chi connectivity index (χ1) is 8.79. The van der Waals surface area contributed by atoms with Crippen LogP contribution in [0.4, 0.5) is 5.82 Å². The van der Waals surface area contributed by atoms with Gasteiger partial charge in [0.2, 0.25) is 5.91 Å². The van der Waals surface area contributed by atoms with Gasteiger partial charge >= 0.3 is 0 Å². The summed E-state index contributed by atoms with van der Waals surface area (Å²) < 4.78 is 0. The standard InChI is InChI=1S/C15H25N3O/c1-11(2)18-14(19)8-9-16-13-7-6-12(10-17-13)15(3,4)5/h6-7,10-11H,8-9H2,1-5H3,(H,16,17)(H,18,19). The molecule has 0 unspecified atom stereocenters. The van der Waals surface area contributed by atoms with Gasteiger partial charge in [-0.05, 0) is 30.9 Å². The second-order valence-electron chi connectivity index (χ2n) is 6.08. The molecule has 1 aromatic heterocycles. The number of carbonyl (C=O) groups is 1. The fourth-order valence-electron chi connectivity index (χ4n) is 1.64. The summed E-state index contributed by atoms with van der Waals surface area (Å²) in [7, 11) is 0. The van der Waals surface area contributed by atoms with E-state index >= 15 is 0 Å². The molecule has 0 atom stereocenters. The second kappa shape index (κ2) is 6.55. The highest BCUT2D eigenvalue weighted by Crippen LogP contribution is 2.21. The van der Waals surface area contributed by atoms with Crippen molar-refractivity contribution >= 4 is 11.7 Å². The highest BCUT2D eigenvalue weighted by Gasteiger charge is 2.13. The van der Waals surface area contributed by atoms with Crippen LogP contribution in [0, 0.1) is 0 Å². The van der Waals surface area contributed by atoms with Gasteiger partial charge in [0, 0.05) is 25.2 Å². The smallest absolute Gasteiger partial charge is 0.221 e. The van der Waals surface area contributed by atoms with Crippen LogP contribution in [0.15, 0.2) is 18.3 Å². The van der Waals surface area contributed by atoms with E-state index in [9.17, 15) is 4.79 Å². The molecule has 0 bridgehead atoms. The number of amides is 1. The first-order valence-corrected chi connectivity index (χ1v) is 6.79. The molecule has 0 aliphatic carbocycles. The Bertz CT molecular complexity index is 404. The van der Waals surface area contributed by atoms with Crippen LogP contribution in [0.2, 0.25) is 0 Å². The lowest BCUT2D eigenvalue weighted by Gasteiger charge is -2.18. The summed E-state index contributed by atoms with van der Waals surface area (Å²) in [5, 5.41) is 6.01. The third-order valence-corrected chi connectivity index (χ3v) is 2.74. The third-order valence-electron chi connectivity index (χ3n) is 2.74. The van der Waals surface area contributed by atoms with Gasteiger partial charge in [0.1, 0.15) is 5.82 Å². The Morgan fingerprint density at radius 3 is 2.47 bits per heavy atom. The number of anilines is 1. The molecule has 1 rings (SSSR count). The van der Waals surface area contributed by atoms with Gasteiger partial charge in [0.25, 0.3) is 0 Å². The van der Waals surface area contributed by atoms with Crippen molar-refractivity contribution in [3.63, 3.8) is 0 Å². The van der Waals surface area contributed by atoms with Gasteiger partial charge in [0.05, 0.1) is 0 Å². The fourth-order valence-corrected chi connectivity index (χ4v) is 1.64. The van der Waals surface area contributed by atoms with E-state index in [1.54, 1.807) is 0 Å². The third kappa shape index (κ3) is 5.73. The number of pyridine rings is 1. The van der Waals surface area contributed by atoms with Crippen LogP contribution >= 0.6 is 0 Å². The van der Waals surface area contributed by atoms with E-state index in [0.717, 1.165) is 5.82 Å². The number of carbonyl (C=O) groups excluding carboxylic acids is 1. The first kappa shape index (κ1) is 15.5. The number of hydrogen-bond donors (Lipinski definition) is 2. The molecule has 0 fully saturated rings. The minimum absolute atomic E-state index is 0.0637. The Balaban J connectivity index is 2.40. The minimum atomic E-state index is 0.0637. The number of nitrogens with one attached hydrogen (secondary N) is 2. The summed E-state index contributed by atoms with van der Waals surface area (Å²) in [6.45, 7) is 11.0. The van der Waals surface area contributed by atoms with Crippen molar-refractivity contribution in [3.8, 4) is 0 Å². The lowest BCUT2D eigenvalue weighted by atomic mass is 9.88. The maximum absolute atomic E-state index is 11.5. The average molecular weight is 263 g/mol. The summed E-state index contributed by atoms with van der Waals surface area (Å²) in [4.78, 5) is 15.8. The maximum Gasteiger partial charge on any atom is 0.221 e. The molecule has 0 aliphatic heterocycles. The van der Waals surface area contributed by atoms with Crippen molar-refractivity contribution in [3.05, 3.63) is 23.9 Å². The molecule has 1 aromatic rings. The van der Waals surface area contributed by atoms with E-state index in [-0.39, 0.29) is 17.4 Å². The van der Waals surface area contributed by atoms with Gasteiger partial charge in [-0.2, -0.15) is 0 Å². The SMILES string of the molecule is CC(C)NC(=O)CCNc1ccc(C(C)(C)C)cn1. The molecule has 19 heavy (non-hydrogen) atoms. The Morgan fingerprint density at radius 1 is 1.32 bits per heavy atom. The van der Waals surface area contributed by atoms with Crippen LogP contribution in [0.5, 0.6) is 0 Å². The zero-order chi connectivity index (χ0) is 14.5. The van der Waals surface area contributed by atoms with Crippen molar-refractivity contribution < 1.29 is 4.79 Å². The van der Waals surface area contributed by atoms with Gasteiger partial charge in [-0.25, -0.2) is 4.98 Å². The molecule has 106 valence electrons. The van der Waals surface area contributed by atoms with Crippen molar-refractivity contribution in [2.45, 2.75) is 52.5 Å². The molecule has 0 saturated heterocycles. The van der Waals surface area contributed by atoms with E-state index in [0.29, 0.717) is 13.0 Å². The highest BCUT2D eigenvalue weighted by molar-refractivity contribution is 5.76. The average Bonchev–Trinajstić information content (AvgIpc) is 2.27. The molecule has 4 heteroatoms. The van der Waals surface area contributed by atoms with Crippen LogP contribution in [0.3, 0.4) is 0 Å². The predicted molar refractivity (Wildman–Crippen MR) is 79.3 cm³/mol. The van der Waals surface area contributed by atoms with Crippen LogP contribution < -0.4 is 10.6 Å². The molecule has 0 radical (unpaired) electrons. The Kier molecular flexibility index (Phi) is 5.33. The van der Waals surface area contributed by atoms with Gasteiger partial charge in [-0.1, -0.05) is 26.8 Å². The number of aromatic nitrogens is 1. The van der Waals surface area contributed by atoms with Crippen LogP contribution in [0.25, 0.3) is 0 Å². The monoisotopic (exact) mass is 263 g/mol. The summed E-state index contributed by atoms with van der Waals surface area (Å²) in [5.41, 5.74) is 1.32. The number of hydrogen-bond acceptors (Lipinski definition) is 3. The van der Waals surface area contributed by atoms with Crippen molar-refractivity contribution in [2.75, 3.05) is 11.9 Å². The first-order valence-electron chi connectivity index (χ1n) is 6.79. The molecule has 0 aliphatic rings.